The third-order valence-electron chi connectivity index (χ3n) is 7.14. The molecule has 0 bridgehead atoms. The van der Waals surface area contributed by atoms with E-state index >= 15 is 0 Å². The summed E-state index contributed by atoms with van der Waals surface area (Å²) < 4.78 is 20.9. The van der Waals surface area contributed by atoms with Crippen LogP contribution >= 0.6 is 22.9 Å². The molecule has 0 radical (unpaired) electrons. The van der Waals surface area contributed by atoms with Crippen LogP contribution in [-0.2, 0) is 9.53 Å². The highest BCUT2D eigenvalue weighted by molar-refractivity contribution is 7.07. The number of allylic oxidation sites excluding steroid dienone is 1. The van der Waals surface area contributed by atoms with E-state index in [9.17, 15) is 9.59 Å². The maximum absolute atomic E-state index is 14.1. The Labute approximate surface area is 252 Å². The Hall–Kier alpha value is -4.08. The van der Waals surface area contributed by atoms with Crippen LogP contribution in [0.2, 0.25) is 5.02 Å². The lowest BCUT2D eigenvalue weighted by atomic mass is 9.95. The molecule has 10 heteroatoms. The molecule has 42 heavy (non-hydrogen) atoms. The summed E-state index contributed by atoms with van der Waals surface area (Å²) in [5.74, 6) is 0.560. The van der Waals surface area contributed by atoms with Gasteiger partial charge in [0.15, 0.2) is 16.3 Å². The standard InChI is InChI=1S/C32H32ClN3O5S/c1-7-40-26-15-21(12-13-25(26)39-6)29-28(31(38)41-8-2)19(4)34-32-36(29)30(37)27(42-32)16-22-14-18(3)35(20(22)5)24-11-9-10-23(33)17-24/h9-17,29H,7-8H2,1-6H3/b27-16+/t29-/m1/s1. The van der Waals surface area contributed by atoms with Crippen LogP contribution in [0.1, 0.15) is 49.3 Å². The van der Waals surface area contributed by atoms with Gasteiger partial charge < -0.3 is 18.8 Å². The Morgan fingerprint density at radius 1 is 1.07 bits per heavy atom. The first-order chi connectivity index (χ1) is 20.2. The van der Waals surface area contributed by atoms with Gasteiger partial charge in [-0.05, 0) is 88.2 Å². The average molecular weight is 606 g/mol. The Morgan fingerprint density at radius 2 is 1.86 bits per heavy atom. The van der Waals surface area contributed by atoms with Crippen LogP contribution in [0, 0.1) is 13.8 Å². The van der Waals surface area contributed by atoms with Gasteiger partial charge >= 0.3 is 5.97 Å². The van der Waals surface area contributed by atoms with Gasteiger partial charge in [-0.2, -0.15) is 0 Å². The maximum Gasteiger partial charge on any atom is 0.338 e. The molecule has 0 amide bonds. The topological polar surface area (TPSA) is 84.1 Å². The number of nitrogens with zero attached hydrogens (tertiary/aromatic N) is 3. The van der Waals surface area contributed by atoms with Crippen molar-refractivity contribution < 1.29 is 19.0 Å². The smallest absolute Gasteiger partial charge is 0.338 e. The maximum atomic E-state index is 14.1. The van der Waals surface area contributed by atoms with E-state index in [1.807, 2.05) is 63.2 Å². The minimum atomic E-state index is -0.758. The monoisotopic (exact) mass is 605 g/mol. The molecule has 0 saturated heterocycles. The molecule has 1 atom stereocenters. The quantitative estimate of drug-likeness (QED) is 0.256. The molecule has 3 heterocycles. The van der Waals surface area contributed by atoms with E-state index in [0.29, 0.717) is 49.3 Å². The van der Waals surface area contributed by atoms with Crippen molar-refractivity contribution in [1.82, 2.24) is 9.13 Å². The van der Waals surface area contributed by atoms with Gasteiger partial charge in [0, 0.05) is 22.1 Å². The molecule has 0 fully saturated rings. The number of ether oxygens (including phenoxy) is 3. The number of aryl methyl sites for hydroxylation is 1. The highest BCUT2D eigenvalue weighted by Crippen LogP contribution is 2.36. The normalized spacial score (nSPS) is 14.9. The largest absolute Gasteiger partial charge is 0.493 e. The lowest BCUT2D eigenvalue weighted by molar-refractivity contribution is -0.139. The van der Waals surface area contributed by atoms with Crippen LogP contribution in [0.5, 0.6) is 11.5 Å². The van der Waals surface area contributed by atoms with Crippen molar-refractivity contribution in [2.24, 2.45) is 4.99 Å². The molecule has 0 spiro atoms. The molecular weight excluding hydrogens is 574 g/mol. The first-order valence-corrected chi connectivity index (χ1v) is 14.8. The zero-order chi connectivity index (χ0) is 30.1. The van der Waals surface area contributed by atoms with Gasteiger partial charge in [-0.15, -0.1) is 0 Å². The van der Waals surface area contributed by atoms with Crippen LogP contribution < -0.4 is 24.4 Å². The van der Waals surface area contributed by atoms with Gasteiger partial charge in [-0.25, -0.2) is 9.79 Å². The molecule has 8 nitrogen and oxygen atoms in total. The average Bonchev–Trinajstić information content (AvgIpc) is 3.41. The predicted molar refractivity (Wildman–Crippen MR) is 165 cm³/mol. The summed E-state index contributed by atoms with van der Waals surface area (Å²) in [6.45, 7) is 10.0. The van der Waals surface area contributed by atoms with Crippen molar-refractivity contribution in [3.8, 4) is 17.2 Å². The van der Waals surface area contributed by atoms with Gasteiger partial charge in [-0.3, -0.25) is 9.36 Å². The minimum absolute atomic E-state index is 0.196. The number of halogens is 1. The molecule has 2 aromatic heterocycles. The molecule has 4 aromatic rings. The van der Waals surface area contributed by atoms with Gasteiger partial charge in [0.2, 0.25) is 0 Å². The fourth-order valence-electron chi connectivity index (χ4n) is 5.33. The van der Waals surface area contributed by atoms with E-state index in [-0.39, 0.29) is 12.2 Å². The summed E-state index contributed by atoms with van der Waals surface area (Å²) >= 11 is 7.55. The van der Waals surface area contributed by atoms with Gasteiger partial charge in [0.1, 0.15) is 0 Å². The fraction of sp³-hybridized carbons (Fsp3) is 0.281. The molecule has 0 unspecified atom stereocenters. The van der Waals surface area contributed by atoms with Crippen LogP contribution in [0.3, 0.4) is 0 Å². The molecule has 218 valence electrons. The summed E-state index contributed by atoms with van der Waals surface area (Å²) in [4.78, 5) is 32.6. The van der Waals surface area contributed by atoms with E-state index in [1.165, 1.54) is 11.3 Å². The number of hydrogen-bond acceptors (Lipinski definition) is 7. The molecule has 1 aliphatic heterocycles. The number of hydrogen-bond donors (Lipinski definition) is 0. The van der Waals surface area contributed by atoms with Crippen LogP contribution in [0.4, 0.5) is 0 Å². The van der Waals surface area contributed by atoms with Crippen molar-refractivity contribution in [2.45, 2.75) is 40.7 Å². The lowest BCUT2D eigenvalue weighted by Crippen LogP contribution is -2.40. The highest BCUT2D eigenvalue weighted by atomic mass is 35.5. The van der Waals surface area contributed by atoms with Gasteiger partial charge in [-0.1, -0.05) is 35.1 Å². The third kappa shape index (κ3) is 5.30. The molecule has 0 aliphatic carbocycles. The number of benzene rings is 2. The second-order valence-electron chi connectivity index (χ2n) is 9.79. The first kappa shape index (κ1) is 29.4. The molecule has 2 aromatic carbocycles. The Balaban J connectivity index is 1.71. The van der Waals surface area contributed by atoms with E-state index < -0.39 is 12.0 Å². The van der Waals surface area contributed by atoms with Crippen LogP contribution in [0.15, 0.2) is 69.6 Å². The van der Waals surface area contributed by atoms with E-state index in [0.717, 1.165) is 22.6 Å². The van der Waals surface area contributed by atoms with Crippen molar-refractivity contribution in [3.63, 3.8) is 0 Å². The van der Waals surface area contributed by atoms with Crippen molar-refractivity contribution in [1.29, 1.82) is 0 Å². The fourth-order valence-corrected chi connectivity index (χ4v) is 6.55. The third-order valence-corrected chi connectivity index (χ3v) is 8.36. The molecule has 0 N–H and O–H groups in total. The van der Waals surface area contributed by atoms with E-state index in [4.69, 9.17) is 25.8 Å². The number of thiazole rings is 1. The van der Waals surface area contributed by atoms with Gasteiger partial charge in [0.05, 0.1) is 42.2 Å². The Bertz CT molecular complexity index is 1900. The second-order valence-corrected chi connectivity index (χ2v) is 11.2. The zero-order valence-electron chi connectivity index (χ0n) is 24.4. The van der Waals surface area contributed by atoms with E-state index in [1.54, 1.807) is 37.7 Å². The Morgan fingerprint density at radius 3 is 2.55 bits per heavy atom. The minimum Gasteiger partial charge on any atom is -0.493 e. The van der Waals surface area contributed by atoms with Crippen molar-refractivity contribution >= 4 is 35.0 Å². The summed E-state index contributed by atoms with van der Waals surface area (Å²) in [6, 6.07) is 14.3. The zero-order valence-corrected chi connectivity index (χ0v) is 25.9. The second kappa shape index (κ2) is 12.0. The highest BCUT2D eigenvalue weighted by Gasteiger charge is 2.34. The van der Waals surface area contributed by atoms with E-state index in [2.05, 4.69) is 9.56 Å². The predicted octanol–water partition coefficient (Wildman–Crippen LogP) is 5.27. The number of methoxy groups -OCH3 is 1. The summed E-state index contributed by atoms with van der Waals surface area (Å²) in [7, 11) is 1.57. The number of aromatic nitrogens is 2. The number of carbonyl (C=O) groups is 1. The summed E-state index contributed by atoms with van der Waals surface area (Å²) in [6.07, 6.45) is 1.88. The number of rotatable bonds is 8. The number of fused-ring (bicyclic) bond motifs is 1. The number of carbonyl (C=O) groups excluding carboxylic acids is 1. The van der Waals surface area contributed by atoms with Crippen molar-refractivity contribution in [3.05, 3.63) is 107 Å². The van der Waals surface area contributed by atoms with Crippen LogP contribution in [-0.4, -0.2) is 35.4 Å². The summed E-state index contributed by atoms with van der Waals surface area (Å²) in [5.41, 5.74) is 5.06. The molecule has 5 rings (SSSR count). The summed E-state index contributed by atoms with van der Waals surface area (Å²) in [5, 5.41) is 0.647. The molecule has 1 aliphatic rings. The SMILES string of the molecule is CCOC(=O)C1=C(C)N=c2s/c(=C/c3cc(C)n(-c4cccc(Cl)c4)c3C)c(=O)n2[C@@H]1c1ccc(OC)c(OCC)c1. The van der Waals surface area contributed by atoms with Crippen molar-refractivity contribution in [2.75, 3.05) is 20.3 Å². The van der Waals surface area contributed by atoms with Crippen LogP contribution in [0.25, 0.3) is 11.8 Å². The first-order valence-electron chi connectivity index (χ1n) is 13.6. The number of esters is 1. The lowest BCUT2D eigenvalue weighted by Gasteiger charge is -2.25. The van der Waals surface area contributed by atoms with Gasteiger partial charge in [0.25, 0.3) is 5.56 Å². The molecular formula is C32H32ClN3O5S. The molecule has 0 saturated carbocycles. The Kier molecular flexibility index (Phi) is 8.43.